The van der Waals surface area contributed by atoms with Gasteiger partial charge in [-0.3, -0.25) is 14.5 Å². The van der Waals surface area contributed by atoms with Gasteiger partial charge >= 0.3 is 5.97 Å². The molecule has 1 unspecified atom stereocenters. The average molecular weight is 339 g/mol. The van der Waals surface area contributed by atoms with Crippen molar-refractivity contribution in [3.63, 3.8) is 0 Å². The summed E-state index contributed by atoms with van der Waals surface area (Å²) < 4.78 is 4.90. The summed E-state index contributed by atoms with van der Waals surface area (Å²) in [6.45, 7) is 5.17. The lowest BCUT2D eigenvalue weighted by Crippen LogP contribution is -2.39. The number of benzene rings is 2. The van der Waals surface area contributed by atoms with Crippen LogP contribution in [-0.2, 0) is 27.4 Å². The Morgan fingerprint density at radius 2 is 1.40 bits per heavy atom. The first kappa shape index (κ1) is 18.9. The average Bonchev–Trinajstić information content (AvgIpc) is 2.62. The number of hydrogen-bond donors (Lipinski definition) is 0. The van der Waals surface area contributed by atoms with E-state index in [1.807, 2.05) is 67.6 Å². The second-order valence-electron chi connectivity index (χ2n) is 6.00. The summed E-state index contributed by atoms with van der Waals surface area (Å²) in [5, 5.41) is 0. The molecule has 0 aliphatic carbocycles. The predicted molar refractivity (Wildman–Crippen MR) is 97.9 cm³/mol. The molecule has 4 heteroatoms. The summed E-state index contributed by atoms with van der Waals surface area (Å²) in [5.41, 5.74) is 2.27. The van der Waals surface area contributed by atoms with Crippen LogP contribution in [0.15, 0.2) is 60.7 Å². The monoisotopic (exact) mass is 339 g/mol. The fourth-order valence-corrected chi connectivity index (χ4v) is 2.67. The first-order valence-corrected chi connectivity index (χ1v) is 8.60. The minimum atomic E-state index is -0.460. The highest BCUT2D eigenvalue weighted by atomic mass is 16.5. The maximum Gasteiger partial charge on any atom is 0.313 e. The third kappa shape index (κ3) is 6.16. The van der Waals surface area contributed by atoms with Crippen molar-refractivity contribution in [2.45, 2.75) is 39.4 Å². The Hall–Kier alpha value is -2.46. The van der Waals surface area contributed by atoms with Crippen LogP contribution in [0.1, 0.15) is 31.4 Å². The topological polar surface area (TPSA) is 46.6 Å². The van der Waals surface area contributed by atoms with Crippen molar-refractivity contribution in [3.8, 4) is 0 Å². The number of rotatable bonds is 9. The number of carbonyl (C=O) groups excluding carboxylic acids is 2. The quantitative estimate of drug-likeness (QED) is 0.517. The van der Waals surface area contributed by atoms with E-state index in [9.17, 15) is 9.59 Å². The molecule has 2 rings (SSSR count). The molecule has 0 radical (unpaired) electrons. The van der Waals surface area contributed by atoms with E-state index >= 15 is 0 Å². The van der Waals surface area contributed by atoms with Crippen LogP contribution in [-0.4, -0.2) is 29.3 Å². The normalized spacial score (nSPS) is 12.0. The van der Waals surface area contributed by atoms with Crippen LogP contribution in [0.5, 0.6) is 0 Å². The molecule has 132 valence electrons. The third-order valence-electron chi connectivity index (χ3n) is 4.09. The summed E-state index contributed by atoms with van der Waals surface area (Å²) in [6, 6.07) is 19.7. The molecule has 0 aromatic heterocycles. The Morgan fingerprint density at radius 1 is 0.920 bits per heavy atom. The lowest BCUT2D eigenvalue weighted by atomic mass is 10.1. The van der Waals surface area contributed by atoms with Crippen molar-refractivity contribution in [1.82, 2.24) is 4.90 Å². The fraction of sp³-hybridized carbons (Fsp3) is 0.333. The van der Waals surface area contributed by atoms with E-state index in [-0.39, 0.29) is 24.9 Å². The molecule has 0 fully saturated rings. The van der Waals surface area contributed by atoms with Gasteiger partial charge in [0.15, 0.2) is 5.78 Å². The number of Topliss-reactive ketones (excluding diaryl/α,β-unsaturated/α-hetero) is 1. The lowest BCUT2D eigenvalue weighted by molar-refractivity contribution is -0.146. The number of ether oxygens (including phenoxy) is 1. The molecule has 0 heterocycles. The Bertz CT molecular complexity index is 629. The molecule has 0 N–H and O–H groups in total. The highest BCUT2D eigenvalue weighted by molar-refractivity contribution is 5.98. The molecule has 4 nitrogen and oxygen atoms in total. The fourth-order valence-electron chi connectivity index (χ4n) is 2.67. The number of carbonyl (C=O) groups is 2. The molecule has 0 aliphatic heterocycles. The van der Waals surface area contributed by atoms with Gasteiger partial charge in [0.1, 0.15) is 6.42 Å². The van der Waals surface area contributed by atoms with Gasteiger partial charge in [-0.05, 0) is 25.0 Å². The molecule has 2 aromatic carbocycles. The van der Waals surface area contributed by atoms with E-state index < -0.39 is 5.97 Å². The summed E-state index contributed by atoms with van der Waals surface area (Å²) in [5.74, 6) is -0.580. The van der Waals surface area contributed by atoms with Gasteiger partial charge in [-0.2, -0.15) is 0 Å². The Morgan fingerprint density at radius 3 is 1.84 bits per heavy atom. The van der Waals surface area contributed by atoms with Crippen molar-refractivity contribution >= 4 is 11.8 Å². The van der Waals surface area contributed by atoms with Gasteiger partial charge in [-0.15, -0.1) is 0 Å². The first-order valence-electron chi connectivity index (χ1n) is 8.60. The van der Waals surface area contributed by atoms with E-state index in [1.54, 1.807) is 6.92 Å². The molecule has 25 heavy (non-hydrogen) atoms. The minimum Gasteiger partial charge on any atom is -0.466 e. The molecule has 0 spiro atoms. The van der Waals surface area contributed by atoms with E-state index in [0.717, 1.165) is 11.1 Å². The van der Waals surface area contributed by atoms with Gasteiger partial charge in [0.05, 0.1) is 12.6 Å². The van der Waals surface area contributed by atoms with E-state index in [4.69, 9.17) is 4.74 Å². The standard InChI is InChI=1S/C21H25NO3/c1-3-25-21(24)14-20(23)17(2)22(15-18-10-6-4-7-11-18)16-19-12-8-5-9-13-19/h4-13,17H,3,14-16H2,1-2H3. The van der Waals surface area contributed by atoms with Gasteiger partial charge < -0.3 is 4.74 Å². The zero-order chi connectivity index (χ0) is 18.1. The Labute approximate surface area is 149 Å². The maximum atomic E-state index is 12.5. The van der Waals surface area contributed by atoms with E-state index in [0.29, 0.717) is 13.1 Å². The lowest BCUT2D eigenvalue weighted by Gasteiger charge is -2.28. The van der Waals surface area contributed by atoms with Crippen LogP contribution < -0.4 is 0 Å². The van der Waals surface area contributed by atoms with Crippen LogP contribution in [0.3, 0.4) is 0 Å². The summed E-state index contributed by atoms with van der Waals surface area (Å²) >= 11 is 0. The predicted octanol–water partition coefficient (Wildman–Crippen LogP) is 3.60. The third-order valence-corrected chi connectivity index (χ3v) is 4.09. The molecule has 0 saturated carbocycles. The van der Waals surface area contributed by atoms with E-state index in [2.05, 4.69) is 4.90 Å². The van der Waals surface area contributed by atoms with Crippen molar-refractivity contribution in [3.05, 3.63) is 71.8 Å². The zero-order valence-electron chi connectivity index (χ0n) is 14.9. The highest BCUT2D eigenvalue weighted by Crippen LogP contribution is 2.15. The van der Waals surface area contributed by atoms with Gasteiger partial charge in [0.25, 0.3) is 0 Å². The van der Waals surface area contributed by atoms with Gasteiger partial charge in [0, 0.05) is 13.1 Å². The molecule has 0 bridgehead atoms. The van der Waals surface area contributed by atoms with Crippen molar-refractivity contribution < 1.29 is 14.3 Å². The highest BCUT2D eigenvalue weighted by Gasteiger charge is 2.24. The summed E-state index contributed by atoms with van der Waals surface area (Å²) in [4.78, 5) is 26.2. The van der Waals surface area contributed by atoms with Crippen molar-refractivity contribution in [1.29, 1.82) is 0 Å². The Kier molecular flexibility index (Phi) is 7.36. The van der Waals surface area contributed by atoms with Gasteiger partial charge in [-0.1, -0.05) is 60.7 Å². The largest absolute Gasteiger partial charge is 0.466 e. The molecule has 0 saturated heterocycles. The van der Waals surface area contributed by atoms with Crippen LogP contribution >= 0.6 is 0 Å². The first-order chi connectivity index (χ1) is 12.1. The van der Waals surface area contributed by atoms with Gasteiger partial charge in [-0.25, -0.2) is 0 Å². The van der Waals surface area contributed by atoms with Crippen LogP contribution in [0.2, 0.25) is 0 Å². The maximum absolute atomic E-state index is 12.5. The number of hydrogen-bond acceptors (Lipinski definition) is 4. The molecule has 0 aliphatic rings. The Balaban J connectivity index is 2.12. The number of esters is 1. The molecule has 2 aromatic rings. The molecule has 0 amide bonds. The van der Waals surface area contributed by atoms with Crippen LogP contribution in [0.4, 0.5) is 0 Å². The summed E-state index contributed by atoms with van der Waals surface area (Å²) in [7, 11) is 0. The number of nitrogens with zero attached hydrogens (tertiary/aromatic N) is 1. The molecule has 1 atom stereocenters. The van der Waals surface area contributed by atoms with Crippen LogP contribution in [0.25, 0.3) is 0 Å². The van der Waals surface area contributed by atoms with Gasteiger partial charge in [0.2, 0.25) is 0 Å². The van der Waals surface area contributed by atoms with E-state index in [1.165, 1.54) is 0 Å². The minimum absolute atomic E-state index is 0.120. The van der Waals surface area contributed by atoms with Crippen LogP contribution in [0, 0.1) is 0 Å². The molecular formula is C21H25NO3. The second kappa shape index (κ2) is 9.74. The second-order valence-corrected chi connectivity index (χ2v) is 6.00. The zero-order valence-corrected chi connectivity index (χ0v) is 14.9. The smallest absolute Gasteiger partial charge is 0.313 e. The van der Waals surface area contributed by atoms with Crippen molar-refractivity contribution in [2.75, 3.05) is 6.61 Å². The molecular weight excluding hydrogens is 314 g/mol. The number of ketones is 1. The van der Waals surface area contributed by atoms with Crippen molar-refractivity contribution in [2.24, 2.45) is 0 Å². The SMILES string of the molecule is CCOC(=O)CC(=O)C(C)N(Cc1ccccc1)Cc1ccccc1. The summed E-state index contributed by atoms with van der Waals surface area (Å²) in [6.07, 6.45) is -0.185.